The van der Waals surface area contributed by atoms with E-state index >= 15 is 0 Å². The van der Waals surface area contributed by atoms with Crippen LogP contribution in [0.15, 0.2) is 48.5 Å². The molecule has 6 atom stereocenters. The molecule has 12 heteroatoms. The van der Waals surface area contributed by atoms with Crippen molar-refractivity contribution in [2.45, 2.75) is 104 Å². The van der Waals surface area contributed by atoms with Gasteiger partial charge in [-0.05, 0) is 85.1 Å². The minimum absolute atomic E-state index is 0.0146. The predicted molar refractivity (Wildman–Crippen MR) is 191 cm³/mol. The number of hydrogen-bond donors (Lipinski definition) is 3. The minimum Gasteiger partial charge on any atom is -0.404 e. The molecule has 0 radical (unpaired) electrons. The van der Waals surface area contributed by atoms with Gasteiger partial charge in [0.15, 0.2) is 5.78 Å². The number of rotatable bonds is 15. The van der Waals surface area contributed by atoms with Crippen LogP contribution in [0.25, 0.3) is 11.4 Å². The average molecular weight is 683 g/mol. The van der Waals surface area contributed by atoms with E-state index in [-0.39, 0.29) is 48.0 Å². The molecule has 1 aromatic heterocycles. The number of aromatic nitrogens is 4. The highest BCUT2D eigenvalue weighted by atomic mass is 16.7. The number of Topliss-reactive ketones (excluding diaryl/α,β-unsaturated/α-hetero) is 1. The van der Waals surface area contributed by atoms with Crippen molar-refractivity contribution in [1.82, 2.24) is 31.3 Å². The Morgan fingerprint density at radius 3 is 2.38 bits per heavy atom. The van der Waals surface area contributed by atoms with Crippen LogP contribution in [0.2, 0.25) is 0 Å². The number of unbranched alkanes of at least 4 members (excludes halogenated alkanes) is 1. The lowest BCUT2D eigenvalue weighted by atomic mass is 9.43. The molecular weight excluding hydrogens is 631 g/mol. The highest BCUT2D eigenvalue weighted by molar-refractivity contribution is 6.47. The van der Waals surface area contributed by atoms with Crippen LogP contribution in [0.4, 0.5) is 0 Å². The minimum atomic E-state index is -0.814. The largest absolute Gasteiger partial charge is 0.481 e. The summed E-state index contributed by atoms with van der Waals surface area (Å²) in [6, 6.07) is 14.4. The molecule has 50 heavy (non-hydrogen) atoms. The molecule has 11 nitrogen and oxygen atoms in total. The van der Waals surface area contributed by atoms with Crippen molar-refractivity contribution in [3.8, 4) is 11.4 Å². The summed E-state index contributed by atoms with van der Waals surface area (Å²) < 4.78 is 13.4. The van der Waals surface area contributed by atoms with E-state index < -0.39 is 24.6 Å². The smallest absolute Gasteiger partial charge is 0.404 e. The zero-order valence-corrected chi connectivity index (χ0v) is 30.2. The monoisotopic (exact) mass is 682 g/mol. The van der Waals surface area contributed by atoms with Gasteiger partial charge in [-0.3, -0.25) is 14.4 Å². The summed E-state index contributed by atoms with van der Waals surface area (Å²) in [6.45, 7) is 13.2. The molecule has 3 aliphatic carbocycles. The predicted octanol–water partition coefficient (Wildman–Crippen LogP) is 5.63. The second-order valence-corrected chi connectivity index (χ2v) is 15.7. The number of ketones is 1. The molecule has 1 saturated heterocycles. The van der Waals surface area contributed by atoms with E-state index in [0.717, 1.165) is 32.1 Å². The van der Waals surface area contributed by atoms with Crippen LogP contribution in [0.3, 0.4) is 0 Å². The Kier molecular flexibility index (Phi) is 10.6. The van der Waals surface area contributed by atoms with E-state index in [1.165, 1.54) is 5.56 Å². The lowest BCUT2D eigenvalue weighted by Gasteiger charge is -2.64. The van der Waals surface area contributed by atoms with Crippen molar-refractivity contribution >= 4 is 24.7 Å². The van der Waals surface area contributed by atoms with Crippen LogP contribution >= 0.6 is 0 Å². The molecule has 4 fully saturated rings. The summed E-state index contributed by atoms with van der Waals surface area (Å²) in [6.07, 6.45) is 5.81. The first-order chi connectivity index (χ1) is 23.9. The van der Waals surface area contributed by atoms with Gasteiger partial charge in [0.1, 0.15) is 0 Å². The number of carbonyl (C=O) groups is 3. The first-order valence-electron chi connectivity index (χ1n) is 18.3. The number of H-pyrrole nitrogens is 1. The lowest BCUT2D eigenvalue weighted by Crippen LogP contribution is -2.65. The second-order valence-electron chi connectivity index (χ2n) is 15.7. The molecule has 3 saturated carbocycles. The molecule has 4 aliphatic rings. The quantitative estimate of drug-likeness (QED) is 0.138. The molecule has 266 valence electrons. The van der Waals surface area contributed by atoms with E-state index in [1.54, 1.807) is 24.3 Å². The van der Waals surface area contributed by atoms with Crippen LogP contribution in [0, 0.1) is 29.1 Å². The third kappa shape index (κ3) is 7.42. The molecule has 2 amide bonds. The third-order valence-electron chi connectivity index (χ3n) is 11.5. The van der Waals surface area contributed by atoms with E-state index in [2.05, 4.69) is 72.8 Å². The Morgan fingerprint density at radius 2 is 1.74 bits per heavy atom. The highest BCUT2D eigenvalue weighted by Gasteiger charge is 2.68. The Labute approximate surface area is 295 Å². The normalized spacial score (nSPS) is 24.6. The first-order valence-corrected chi connectivity index (χ1v) is 18.3. The van der Waals surface area contributed by atoms with Gasteiger partial charge in [-0.2, -0.15) is 5.21 Å². The number of aromatic amines is 1. The van der Waals surface area contributed by atoms with Crippen LogP contribution in [-0.2, 0) is 20.5 Å². The fourth-order valence-electron chi connectivity index (χ4n) is 8.33. The summed E-state index contributed by atoms with van der Waals surface area (Å²) in [5.74, 6) is -0.349. The second kappa shape index (κ2) is 14.8. The number of nitrogens with one attached hydrogen (secondary N) is 3. The van der Waals surface area contributed by atoms with Gasteiger partial charge in [0.2, 0.25) is 11.7 Å². The van der Waals surface area contributed by atoms with Crippen LogP contribution in [0.1, 0.15) is 106 Å². The third-order valence-corrected chi connectivity index (χ3v) is 11.5. The van der Waals surface area contributed by atoms with E-state index in [9.17, 15) is 14.4 Å². The van der Waals surface area contributed by atoms with E-state index in [0.29, 0.717) is 40.8 Å². The molecule has 0 unspecified atom stereocenters. The van der Waals surface area contributed by atoms with Gasteiger partial charge < -0.3 is 19.9 Å². The molecule has 1 aliphatic heterocycles. The van der Waals surface area contributed by atoms with E-state index in [1.807, 2.05) is 24.3 Å². The number of tetrazole rings is 1. The van der Waals surface area contributed by atoms with Crippen molar-refractivity contribution in [2.24, 2.45) is 29.1 Å². The van der Waals surface area contributed by atoms with Crippen molar-refractivity contribution in [1.29, 1.82) is 0 Å². The number of aryl methyl sites for hydroxylation is 1. The Hall–Kier alpha value is -3.90. The Balaban J connectivity index is 1.17. The van der Waals surface area contributed by atoms with Crippen LogP contribution in [-0.4, -0.2) is 69.5 Å². The fourth-order valence-corrected chi connectivity index (χ4v) is 8.33. The lowest BCUT2D eigenvalue weighted by molar-refractivity contribution is -0.199. The van der Waals surface area contributed by atoms with E-state index in [4.69, 9.17) is 9.31 Å². The molecule has 2 aromatic carbocycles. The van der Waals surface area contributed by atoms with Crippen molar-refractivity contribution in [2.75, 3.05) is 6.54 Å². The molecule has 2 heterocycles. The maximum absolute atomic E-state index is 14.2. The summed E-state index contributed by atoms with van der Waals surface area (Å²) >= 11 is 0. The van der Waals surface area contributed by atoms with Gasteiger partial charge in [0, 0.05) is 29.7 Å². The standard InChI is InChI=1S/C38H51BN6O5/c1-7-8-9-24-10-12-25(13-11-24)30(46)19-28(22-40-35(47)27-16-14-26(15-17-27)34-42-44-45-43-34)36(48)41-33(18-23(2)3)39-49-32-21-29-20-31(37(29,4)5)38(32,6)50-39/h10-17,23,28-29,31-33H,7-9,18-22H2,1-6H3,(H,40,47)(H,41,48)(H,42,43,44,45)/t28-,29-,31-,32+,33-,38-/m0/s1. The number of hydrogen-bond acceptors (Lipinski definition) is 8. The van der Waals surface area contributed by atoms with Crippen molar-refractivity contribution in [3.05, 3.63) is 65.2 Å². The molecular formula is C38H51BN6O5. The van der Waals surface area contributed by atoms with Crippen molar-refractivity contribution in [3.63, 3.8) is 0 Å². The average Bonchev–Trinajstić information content (AvgIpc) is 3.77. The van der Waals surface area contributed by atoms with Gasteiger partial charge >= 0.3 is 7.12 Å². The molecule has 3 aromatic rings. The number of amides is 2. The molecule has 0 spiro atoms. The SMILES string of the molecule is CCCCc1ccc(C(=O)C[C@@H](CNC(=O)c2ccc(-c3nn[nH]n3)cc2)C(=O)N[C@@H](CC(C)C)B2O[C@@H]3C[C@@H]4C[C@@H](C4(C)C)[C@]3(C)O2)cc1. The zero-order valence-electron chi connectivity index (χ0n) is 30.2. The van der Waals surface area contributed by atoms with Gasteiger partial charge in [-0.15, -0.1) is 10.2 Å². The summed E-state index contributed by atoms with van der Waals surface area (Å²) in [7, 11) is -0.592. The van der Waals surface area contributed by atoms with Crippen LogP contribution in [0.5, 0.6) is 0 Å². The maximum atomic E-state index is 14.2. The van der Waals surface area contributed by atoms with Gasteiger partial charge in [0.25, 0.3) is 5.91 Å². The zero-order chi connectivity index (χ0) is 35.6. The molecule has 7 rings (SSSR count). The number of nitrogens with zero attached hydrogens (tertiary/aromatic N) is 3. The summed E-state index contributed by atoms with van der Waals surface area (Å²) in [5.41, 5.74) is 2.64. The Bertz CT molecular complexity index is 1650. The topological polar surface area (TPSA) is 148 Å². The van der Waals surface area contributed by atoms with Gasteiger partial charge in [-0.1, -0.05) is 77.4 Å². The van der Waals surface area contributed by atoms with Crippen molar-refractivity contribution < 1.29 is 23.7 Å². The van der Waals surface area contributed by atoms with Gasteiger partial charge in [0.05, 0.1) is 23.6 Å². The maximum Gasteiger partial charge on any atom is 0.481 e. The highest BCUT2D eigenvalue weighted by Crippen LogP contribution is 2.65. The fraction of sp³-hybridized carbons (Fsp3) is 0.579. The summed E-state index contributed by atoms with van der Waals surface area (Å²) in [5, 5.41) is 20.1. The summed E-state index contributed by atoms with van der Waals surface area (Å²) in [4.78, 5) is 41.1. The number of carbonyl (C=O) groups excluding carboxylic acids is 3. The molecule has 2 bridgehead atoms. The molecule has 3 N–H and O–H groups in total. The Morgan fingerprint density at radius 1 is 1.02 bits per heavy atom. The van der Waals surface area contributed by atoms with Gasteiger partial charge in [-0.25, -0.2) is 0 Å². The number of benzene rings is 2. The first kappa shape index (κ1) is 35.9. The van der Waals surface area contributed by atoms with Crippen LogP contribution < -0.4 is 10.6 Å².